The summed E-state index contributed by atoms with van der Waals surface area (Å²) in [6, 6.07) is 9.05. The highest BCUT2D eigenvalue weighted by Gasteiger charge is 2.20. The first-order valence-electron chi connectivity index (χ1n) is 9.17. The van der Waals surface area contributed by atoms with Gasteiger partial charge in [0.15, 0.2) is 0 Å². The van der Waals surface area contributed by atoms with E-state index in [0.29, 0.717) is 17.4 Å². The lowest BCUT2D eigenvalue weighted by Crippen LogP contribution is -2.24. The number of hydrogen-bond donors (Lipinski definition) is 1. The summed E-state index contributed by atoms with van der Waals surface area (Å²) in [5.74, 6) is 2.00. The average molecular weight is 363 g/mol. The molecule has 1 aliphatic rings. The molecule has 138 valence electrons. The standard InChI is InChI=1S/C20H21N5O2/c26-20(15-4-2-1-3-5-15)24-16-6-8-17(9-7-16)27-19-12-18(22-13-23-19)25-11-10-21-14-25/h6-15H,1-5H2,(H,24,26). The molecule has 0 saturated heterocycles. The Hall–Kier alpha value is -3.22. The summed E-state index contributed by atoms with van der Waals surface area (Å²) < 4.78 is 7.57. The van der Waals surface area contributed by atoms with Crippen LogP contribution in [0.4, 0.5) is 5.69 Å². The highest BCUT2D eigenvalue weighted by Crippen LogP contribution is 2.26. The lowest BCUT2D eigenvalue weighted by molar-refractivity contribution is -0.120. The second-order valence-electron chi connectivity index (χ2n) is 6.64. The fourth-order valence-electron chi connectivity index (χ4n) is 3.26. The second-order valence-corrected chi connectivity index (χ2v) is 6.64. The van der Waals surface area contributed by atoms with Crippen LogP contribution in [-0.2, 0) is 4.79 Å². The Kier molecular flexibility index (Phi) is 5.09. The molecule has 7 heteroatoms. The zero-order valence-electron chi connectivity index (χ0n) is 14.9. The van der Waals surface area contributed by atoms with Crippen molar-refractivity contribution in [3.63, 3.8) is 0 Å². The Morgan fingerprint density at radius 3 is 2.67 bits per heavy atom. The summed E-state index contributed by atoms with van der Waals surface area (Å²) in [6.45, 7) is 0. The topological polar surface area (TPSA) is 81.9 Å². The molecule has 1 amide bonds. The molecule has 7 nitrogen and oxygen atoms in total. The molecule has 2 aromatic heterocycles. The Morgan fingerprint density at radius 2 is 1.93 bits per heavy atom. The molecule has 0 spiro atoms. The van der Waals surface area contributed by atoms with E-state index in [-0.39, 0.29) is 11.8 Å². The number of benzene rings is 1. The number of nitrogens with zero attached hydrogens (tertiary/aromatic N) is 4. The van der Waals surface area contributed by atoms with Crippen LogP contribution in [0.3, 0.4) is 0 Å². The third-order valence-corrected chi connectivity index (χ3v) is 4.72. The predicted octanol–water partition coefficient (Wildman–Crippen LogP) is 3.97. The van der Waals surface area contributed by atoms with Crippen molar-refractivity contribution in [1.82, 2.24) is 19.5 Å². The van der Waals surface area contributed by atoms with Gasteiger partial charge in [-0.3, -0.25) is 9.36 Å². The van der Waals surface area contributed by atoms with Gasteiger partial charge in [0, 0.05) is 30.1 Å². The van der Waals surface area contributed by atoms with E-state index < -0.39 is 0 Å². The highest BCUT2D eigenvalue weighted by molar-refractivity contribution is 5.92. The van der Waals surface area contributed by atoms with Crippen LogP contribution in [0.2, 0.25) is 0 Å². The molecule has 27 heavy (non-hydrogen) atoms. The first-order chi connectivity index (χ1) is 13.3. The maximum absolute atomic E-state index is 12.3. The van der Waals surface area contributed by atoms with E-state index in [1.807, 2.05) is 24.3 Å². The molecule has 2 heterocycles. The Labute approximate surface area is 157 Å². The number of anilines is 1. The van der Waals surface area contributed by atoms with Crippen LogP contribution in [0.25, 0.3) is 5.82 Å². The Morgan fingerprint density at radius 1 is 1.11 bits per heavy atom. The summed E-state index contributed by atoms with van der Waals surface area (Å²) in [7, 11) is 0. The van der Waals surface area contributed by atoms with Gasteiger partial charge < -0.3 is 10.1 Å². The van der Waals surface area contributed by atoms with Crippen molar-refractivity contribution in [3.8, 4) is 17.4 Å². The van der Waals surface area contributed by atoms with E-state index in [1.54, 1.807) is 29.4 Å². The van der Waals surface area contributed by atoms with E-state index in [9.17, 15) is 4.79 Å². The smallest absolute Gasteiger partial charge is 0.227 e. The SMILES string of the molecule is O=C(Nc1ccc(Oc2cc(-n3ccnc3)ncn2)cc1)C1CCCCC1. The maximum atomic E-state index is 12.3. The summed E-state index contributed by atoms with van der Waals surface area (Å²) in [5, 5.41) is 3.00. The first-order valence-corrected chi connectivity index (χ1v) is 9.17. The quantitative estimate of drug-likeness (QED) is 0.742. The monoisotopic (exact) mass is 363 g/mol. The van der Waals surface area contributed by atoms with Gasteiger partial charge in [-0.15, -0.1) is 0 Å². The average Bonchev–Trinajstić information content (AvgIpc) is 3.25. The third kappa shape index (κ3) is 4.31. The third-order valence-electron chi connectivity index (χ3n) is 4.72. The highest BCUT2D eigenvalue weighted by atomic mass is 16.5. The molecular formula is C20H21N5O2. The van der Waals surface area contributed by atoms with Crippen molar-refractivity contribution in [3.05, 3.63) is 55.4 Å². The van der Waals surface area contributed by atoms with E-state index in [2.05, 4.69) is 20.3 Å². The number of hydrogen-bond acceptors (Lipinski definition) is 5. The van der Waals surface area contributed by atoms with Crippen molar-refractivity contribution in [2.45, 2.75) is 32.1 Å². The van der Waals surface area contributed by atoms with Crippen molar-refractivity contribution < 1.29 is 9.53 Å². The number of carbonyl (C=O) groups excluding carboxylic acids is 1. The molecule has 0 bridgehead atoms. The molecule has 1 saturated carbocycles. The predicted molar refractivity (Wildman–Crippen MR) is 101 cm³/mol. The lowest BCUT2D eigenvalue weighted by Gasteiger charge is -2.20. The zero-order chi connectivity index (χ0) is 18.5. The van der Waals surface area contributed by atoms with Gasteiger partial charge in [-0.05, 0) is 37.1 Å². The van der Waals surface area contributed by atoms with Gasteiger partial charge in [0.2, 0.25) is 11.8 Å². The van der Waals surface area contributed by atoms with Crippen LogP contribution >= 0.6 is 0 Å². The molecule has 1 aliphatic carbocycles. The van der Waals surface area contributed by atoms with Crippen LogP contribution in [-0.4, -0.2) is 25.4 Å². The van der Waals surface area contributed by atoms with Crippen LogP contribution in [0.15, 0.2) is 55.4 Å². The minimum absolute atomic E-state index is 0.115. The molecule has 0 unspecified atom stereocenters. The van der Waals surface area contributed by atoms with Gasteiger partial charge in [0.25, 0.3) is 0 Å². The molecule has 0 atom stereocenters. The van der Waals surface area contributed by atoms with E-state index >= 15 is 0 Å². The number of imidazole rings is 1. The van der Waals surface area contributed by atoms with Crippen molar-refractivity contribution >= 4 is 11.6 Å². The lowest BCUT2D eigenvalue weighted by atomic mass is 9.88. The van der Waals surface area contributed by atoms with Gasteiger partial charge in [-0.1, -0.05) is 19.3 Å². The molecule has 1 N–H and O–H groups in total. The fourth-order valence-corrected chi connectivity index (χ4v) is 3.26. The Balaban J connectivity index is 1.39. The second kappa shape index (κ2) is 7.99. The molecule has 1 aromatic carbocycles. The summed E-state index contributed by atoms with van der Waals surface area (Å²) in [6.07, 6.45) is 12.1. The number of carbonyl (C=O) groups is 1. The van der Waals surface area contributed by atoms with E-state index in [4.69, 9.17) is 4.74 Å². The number of rotatable bonds is 5. The summed E-state index contributed by atoms with van der Waals surface area (Å²) in [4.78, 5) is 24.7. The van der Waals surface area contributed by atoms with Gasteiger partial charge in [0.1, 0.15) is 24.2 Å². The number of aromatic nitrogens is 4. The molecule has 1 fully saturated rings. The fraction of sp³-hybridized carbons (Fsp3) is 0.300. The molecule has 3 aromatic rings. The minimum atomic E-state index is 0.115. The van der Waals surface area contributed by atoms with E-state index in [0.717, 1.165) is 31.4 Å². The van der Waals surface area contributed by atoms with Crippen LogP contribution in [0, 0.1) is 5.92 Å². The van der Waals surface area contributed by atoms with Gasteiger partial charge >= 0.3 is 0 Å². The van der Waals surface area contributed by atoms with Crippen LogP contribution in [0.5, 0.6) is 11.6 Å². The maximum Gasteiger partial charge on any atom is 0.227 e. The van der Waals surface area contributed by atoms with Gasteiger partial charge in [0.05, 0.1) is 0 Å². The largest absolute Gasteiger partial charge is 0.439 e. The molecule has 0 aliphatic heterocycles. The zero-order valence-corrected chi connectivity index (χ0v) is 14.9. The summed E-state index contributed by atoms with van der Waals surface area (Å²) in [5.41, 5.74) is 0.778. The van der Waals surface area contributed by atoms with E-state index in [1.165, 1.54) is 12.7 Å². The number of ether oxygens (including phenoxy) is 1. The molecule has 0 radical (unpaired) electrons. The summed E-state index contributed by atoms with van der Waals surface area (Å²) >= 11 is 0. The first kappa shape index (κ1) is 17.2. The minimum Gasteiger partial charge on any atom is -0.439 e. The molecule has 4 rings (SSSR count). The number of amides is 1. The van der Waals surface area contributed by atoms with Crippen molar-refractivity contribution in [1.29, 1.82) is 0 Å². The normalized spacial score (nSPS) is 14.7. The van der Waals surface area contributed by atoms with Crippen molar-refractivity contribution in [2.24, 2.45) is 5.92 Å². The van der Waals surface area contributed by atoms with Crippen molar-refractivity contribution in [2.75, 3.05) is 5.32 Å². The Bertz CT molecular complexity index is 887. The number of nitrogens with one attached hydrogen (secondary N) is 1. The van der Waals surface area contributed by atoms with Crippen LogP contribution in [0.1, 0.15) is 32.1 Å². The van der Waals surface area contributed by atoms with Gasteiger partial charge in [-0.25, -0.2) is 15.0 Å². The van der Waals surface area contributed by atoms with Crippen LogP contribution < -0.4 is 10.1 Å². The van der Waals surface area contributed by atoms with Gasteiger partial charge in [-0.2, -0.15) is 0 Å². The molecular weight excluding hydrogens is 342 g/mol.